The van der Waals surface area contributed by atoms with Gasteiger partial charge in [-0.3, -0.25) is 0 Å². The first-order chi connectivity index (χ1) is 6.38. The number of imidazole rings is 1. The van der Waals surface area contributed by atoms with Gasteiger partial charge in [0.1, 0.15) is 18.5 Å². The lowest BCUT2D eigenvalue weighted by Gasteiger charge is -1.95. The van der Waals surface area contributed by atoms with E-state index in [4.69, 9.17) is 5.26 Å². The molecule has 0 fully saturated rings. The molecular formula is C9H14N3S+. The van der Waals surface area contributed by atoms with Crippen molar-refractivity contribution in [2.75, 3.05) is 11.5 Å². The zero-order valence-electron chi connectivity index (χ0n) is 7.79. The van der Waals surface area contributed by atoms with Gasteiger partial charge in [-0.25, -0.2) is 9.55 Å². The maximum Gasteiger partial charge on any atom is 0.255 e. The summed E-state index contributed by atoms with van der Waals surface area (Å²) in [6.07, 6.45) is 4.80. The van der Waals surface area contributed by atoms with Gasteiger partial charge in [-0.2, -0.15) is 17.0 Å². The second-order valence-electron chi connectivity index (χ2n) is 2.64. The van der Waals surface area contributed by atoms with E-state index < -0.39 is 0 Å². The molecule has 0 aliphatic heterocycles. The molecule has 0 atom stereocenters. The molecule has 1 rings (SSSR count). The molecule has 1 N–H and O–H groups in total. The van der Waals surface area contributed by atoms with E-state index >= 15 is 0 Å². The first kappa shape index (κ1) is 10.1. The average Bonchev–Trinajstić information content (AvgIpc) is 2.54. The summed E-state index contributed by atoms with van der Waals surface area (Å²) in [5, 5.41) is 8.54. The SMILES string of the molecule is CCSCCc1[nH]cc[n+]1CC#N. The number of nitrogens with one attached hydrogen (secondary N) is 1. The quantitative estimate of drug-likeness (QED) is 0.566. The molecule has 0 aliphatic rings. The zero-order valence-corrected chi connectivity index (χ0v) is 8.60. The molecule has 1 aromatic rings. The zero-order chi connectivity index (χ0) is 9.52. The Morgan fingerprint density at radius 1 is 1.69 bits per heavy atom. The molecule has 0 radical (unpaired) electrons. The maximum absolute atomic E-state index is 8.54. The minimum absolute atomic E-state index is 0.440. The molecule has 4 heteroatoms. The van der Waals surface area contributed by atoms with E-state index in [9.17, 15) is 0 Å². The fourth-order valence-corrected chi connectivity index (χ4v) is 1.78. The number of hydrogen-bond acceptors (Lipinski definition) is 2. The third-order valence-electron chi connectivity index (χ3n) is 1.78. The number of aromatic amines is 1. The highest BCUT2D eigenvalue weighted by Gasteiger charge is 2.08. The van der Waals surface area contributed by atoms with Gasteiger partial charge in [0.25, 0.3) is 5.82 Å². The predicted octanol–water partition coefficient (Wildman–Crippen LogP) is 1.12. The molecule has 1 aromatic heterocycles. The van der Waals surface area contributed by atoms with Crippen LogP contribution in [-0.2, 0) is 13.0 Å². The summed E-state index contributed by atoms with van der Waals surface area (Å²) < 4.78 is 1.95. The number of nitrogens with zero attached hydrogens (tertiary/aromatic N) is 2. The van der Waals surface area contributed by atoms with Crippen LogP contribution in [0.1, 0.15) is 12.7 Å². The van der Waals surface area contributed by atoms with Gasteiger partial charge in [-0.1, -0.05) is 6.92 Å². The van der Waals surface area contributed by atoms with Crippen LogP contribution >= 0.6 is 11.8 Å². The van der Waals surface area contributed by atoms with Crippen LogP contribution in [0.15, 0.2) is 12.4 Å². The fourth-order valence-electron chi connectivity index (χ4n) is 1.15. The summed E-state index contributed by atoms with van der Waals surface area (Å²) in [6, 6.07) is 2.14. The van der Waals surface area contributed by atoms with Gasteiger partial charge in [0, 0.05) is 5.75 Å². The van der Waals surface area contributed by atoms with E-state index in [1.165, 1.54) is 0 Å². The minimum atomic E-state index is 0.440. The summed E-state index contributed by atoms with van der Waals surface area (Å²) >= 11 is 1.92. The van der Waals surface area contributed by atoms with Gasteiger partial charge in [0.15, 0.2) is 6.54 Å². The second kappa shape index (κ2) is 5.65. The Balaban J connectivity index is 2.46. The van der Waals surface area contributed by atoms with Gasteiger partial charge in [0.05, 0.1) is 6.42 Å². The number of rotatable bonds is 5. The first-order valence-electron chi connectivity index (χ1n) is 4.39. The van der Waals surface area contributed by atoms with Crippen molar-refractivity contribution in [3.8, 4) is 6.07 Å². The van der Waals surface area contributed by atoms with Crippen LogP contribution in [0, 0.1) is 11.3 Å². The third-order valence-corrected chi connectivity index (χ3v) is 2.68. The topological polar surface area (TPSA) is 43.5 Å². The monoisotopic (exact) mass is 196 g/mol. The largest absolute Gasteiger partial charge is 0.255 e. The molecule has 0 aliphatic carbocycles. The van der Waals surface area contributed by atoms with Crippen LogP contribution in [0.5, 0.6) is 0 Å². The van der Waals surface area contributed by atoms with Crippen molar-refractivity contribution in [1.82, 2.24) is 4.98 Å². The van der Waals surface area contributed by atoms with Gasteiger partial charge in [-0.05, 0) is 5.75 Å². The molecule has 3 nitrogen and oxygen atoms in total. The molecule has 1 heterocycles. The Labute approximate surface area is 82.8 Å². The summed E-state index contributed by atoms with van der Waals surface area (Å²) in [5.74, 6) is 3.41. The molecule has 0 saturated carbocycles. The third kappa shape index (κ3) is 3.11. The van der Waals surface area contributed by atoms with Gasteiger partial charge >= 0.3 is 0 Å². The molecule has 0 spiro atoms. The van der Waals surface area contributed by atoms with Crippen molar-refractivity contribution in [2.24, 2.45) is 0 Å². The number of thioether (sulfide) groups is 1. The summed E-state index contributed by atoms with van der Waals surface area (Å²) in [5.41, 5.74) is 0. The smallest absolute Gasteiger partial charge is 0.248 e. The van der Waals surface area contributed by atoms with Crippen LogP contribution in [0.2, 0.25) is 0 Å². The summed E-state index contributed by atoms with van der Waals surface area (Å²) in [4.78, 5) is 3.15. The molecule has 70 valence electrons. The van der Waals surface area contributed by atoms with Crippen molar-refractivity contribution in [1.29, 1.82) is 5.26 Å². The Morgan fingerprint density at radius 3 is 3.23 bits per heavy atom. The van der Waals surface area contributed by atoms with E-state index in [-0.39, 0.29) is 0 Å². The van der Waals surface area contributed by atoms with Crippen molar-refractivity contribution in [2.45, 2.75) is 19.9 Å². The lowest BCUT2D eigenvalue weighted by Crippen LogP contribution is -2.35. The van der Waals surface area contributed by atoms with Gasteiger partial charge < -0.3 is 0 Å². The number of H-pyrrole nitrogens is 1. The molecule has 0 unspecified atom stereocenters. The van der Waals surface area contributed by atoms with Gasteiger partial charge in [0.2, 0.25) is 0 Å². The minimum Gasteiger partial charge on any atom is -0.248 e. The summed E-state index contributed by atoms with van der Waals surface area (Å²) in [6.45, 7) is 2.60. The summed E-state index contributed by atoms with van der Waals surface area (Å²) in [7, 11) is 0. The van der Waals surface area contributed by atoms with Crippen LogP contribution in [0.3, 0.4) is 0 Å². The van der Waals surface area contributed by atoms with E-state index in [2.05, 4.69) is 18.0 Å². The normalized spacial score (nSPS) is 9.85. The molecule has 0 aromatic carbocycles. The van der Waals surface area contributed by atoms with E-state index in [1.54, 1.807) is 0 Å². The molecule has 0 amide bonds. The molecule has 13 heavy (non-hydrogen) atoms. The highest BCUT2D eigenvalue weighted by Crippen LogP contribution is 2.01. The van der Waals surface area contributed by atoms with Crippen molar-refractivity contribution >= 4 is 11.8 Å². The van der Waals surface area contributed by atoms with Crippen molar-refractivity contribution in [3.63, 3.8) is 0 Å². The highest BCUT2D eigenvalue weighted by atomic mass is 32.2. The van der Waals surface area contributed by atoms with Crippen LogP contribution < -0.4 is 4.57 Å². The number of hydrogen-bond donors (Lipinski definition) is 1. The number of aromatic nitrogens is 2. The number of nitriles is 1. The Bertz CT molecular complexity index is 287. The standard InChI is InChI=1S/C9H13N3S/c1-2-13-8-3-9-11-5-7-12(9)6-4-10/h5,7H,2-3,6,8H2,1H3/p+1. The van der Waals surface area contributed by atoms with Crippen molar-refractivity contribution in [3.05, 3.63) is 18.2 Å². The molecular weight excluding hydrogens is 182 g/mol. The molecule has 0 bridgehead atoms. The second-order valence-corrected chi connectivity index (χ2v) is 4.03. The lowest BCUT2D eigenvalue weighted by atomic mass is 10.4. The van der Waals surface area contributed by atoms with E-state index in [0.29, 0.717) is 6.54 Å². The number of aryl methyl sites for hydroxylation is 1. The van der Waals surface area contributed by atoms with Crippen LogP contribution in [-0.4, -0.2) is 16.5 Å². The van der Waals surface area contributed by atoms with Crippen molar-refractivity contribution < 1.29 is 4.57 Å². The Kier molecular flexibility index (Phi) is 4.41. The molecule has 0 saturated heterocycles. The lowest BCUT2D eigenvalue weighted by molar-refractivity contribution is -0.691. The average molecular weight is 196 g/mol. The Hall–Kier alpha value is -0.950. The van der Waals surface area contributed by atoms with E-state index in [1.807, 2.05) is 28.7 Å². The van der Waals surface area contributed by atoms with Gasteiger partial charge in [-0.15, -0.1) is 0 Å². The first-order valence-corrected chi connectivity index (χ1v) is 5.54. The maximum atomic E-state index is 8.54. The van der Waals surface area contributed by atoms with Crippen LogP contribution in [0.4, 0.5) is 0 Å². The predicted molar refractivity (Wildman–Crippen MR) is 53.3 cm³/mol. The fraction of sp³-hybridized carbons (Fsp3) is 0.556. The van der Waals surface area contributed by atoms with Crippen LogP contribution in [0.25, 0.3) is 0 Å². The van der Waals surface area contributed by atoms with E-state index in [0.717, 1.165) is 23.8 Å². The highest BCUT2D eigenvalue weighted by molar-refractivity contribution is 7.99. The Morgan fingerprint density at radius 2 is 2.54 bits per heavy atom.